The highest BCUT2D eigenvalue weighted by Crippen LogP contribution is 2.38. The van der Waals surface area contributed by atoms with Crippen LogP contribution in [0.2, 0.25) is 5.02 Å². The molecule has 7 nitrogen and oxygen atoms in total. The summed E-state index contributed by atoms with van der Waals surface area (Å²) in [4.78, 5) is 26.4. The second-order valence-corrected chi connectivity index (χ2v) is 10.3. The highest BCUT2D eigenvalue weighted by Gasteiger charge is 2.27. The maximum atomic E-state index is 12.8. The quantitative estimate of drug-likeness (QED) is 0.240. The van der Waals surface area contributed by atoms with Crippen LogP contribution in [0.5, 0.6) is 0 Å². The smallest absolute Gasteiger partial charge is 0.341 e. The van der Waals surface area contributed by atoms with E-state index in [9.17, 15) is 9.59 Å². The summed E-state index contributed by atoms with van der Waals surface area (Å²) < 4.78 is 6.93. The first kappa shape index (κ1) is 24.5. The predicted molar refractivity (Wildman–Crippen MR) is 136 cm³/mol. The van der Waals surface area contributed by atoms with Crippen molar-refractivity contribution in [2.24, 2.45) is 0 Å². The van der Waals surface area contributed by atoms with E-state index in [4.69, 9.17) is 16.3 Å². The lowest BCUT2D eigenvalue weighted by Crippen LogP contribution is -2.17. The number of carbonyl (C=O) groups excluding carboxylic acids is 2. The van der Waals surface area contributed by atoms with Crippen molar-refractivity contribution >= 4 is 51.6 Å². The number of methoxy groups -OCH3 is 1. The van der Waals surface area contributed by atoms with Crippen molar-refractivity contribution in [2.45, 2.75) is 43.8 Å². The number of carbonyl (C=O) groups is 2. The van der Waals surface area contributed by atoms with Gasteiger partial charge in [0.05, 0.1) is 18.4 Å². The van der Waals surface area contributed by atoms with Crippen molar-refractivity contribution in [1.29, 1.82) is 0 Å². The molecule has 34 heavy (non-hydrogen) atoms. The molecule has 1 aromatic carbocycles. The van der Waals surface area contributed by atoms with Crippen molar-refractivity contribution in [3.63, 3.8) is 0 Å². The molecular formula is C24H25ClN4O3S2. The van der Waals surface area contributed by atoms with E-state index in [1.165, 1.54) is 30.2 Å². The van der Waals surface area contributed by atoms with Crippen LogP contribution in [-0.2, 0) is 35.3 Å². The minimum atomic E-state index is -0.403. The highest BCUT2D eigenvalue weighted by molar-refractivity contribution is 7.99. The second-order valence-electron chi connectivity index (χ2n) is 7.84. The molecule has 10 heteroatoms. The Morgan fingerprint density at radius 1 is 1.26 bits per heavy atom. The molecule has 1 amide bonds. The third-order valence-corrected chi connectivity index (χ3v) is 7.95. The first-order chi connectivity index (χ1) is 16.5. The fourth-order valence-corrected chi connectivity index (χ4v) is 6.10. The molecule has 4 rings (SSSR count). The van der Waals surface area contributed by atoms with E-state index in [1.54, 1.807) is 6.08 Å². The van der Waals surface area contributed by atoms with Crippen molar-refractivity contribution in [3.05, 3.63) is 69.3 Å². The van der Waals surface area contributed by atoms with E-state index in [0.717, 1.165) is 47.5 Å². The van der Waals surface area contributed by atoms with E-state index in [0.29, 0.717) is 33.7 Å². The van der Waals surface area contributed by atoms with Gasteiger partial charge in [-0.05, 0) is 48.9 Å². The van der Waals surface area contributed by atoms with E-state index in [1.807, 2.05) is 28.8 Å². The number of amides is 1. The number of esters is 1. The van der Waals surface area contributed by atoms with Gasteiger partial charge in [0.2, 0.25) is 5.91 Å². The second kappa shape index (κ2) is 11.2. The summed E-state index contributed by atoms with van der Waals surface area (Å²) in [6.07, 6.45) is 6.26. The predicted octanol–water partition coefficient (Wildman–Crippen LogP) is 5.17. The van der Waals surface area contributed by atoms with Crippen LogP contribution in [0.4, 0.5) is 5.00 Å². The summed E-state index contributed by atoms with van der Waals surface area (Å²) in [6.45, 7) is 4.36. The lowest BCUT2D eigenvalue weighted by Gasteiger charge is -2.11. The van der Waals surface area contributed by atoms with E-state index in [2.05, 4.69) is 22.1 Å². The summed E-state index contributed by atoms with van der Waals surface area (Å²) >= 11 is 8.76. The normalized spacial score (nSPS) is 12.8. The maximum absolute atomic E-state index is 12.8. The van der Waals surface area contributed by atoms with E-state index >= 15 is 0 Å². The molecule has 0 saturated heterocycles. The Kier molecular flexibility index (Phi) is 8.07. The van der Waals surface area contributed by atoms with Gasteiger partial charge < -0.3 is 14.6 Å². The molecule has 1 N–H and O–H groups in total. The van der Waals surface area contributed by atoms with Gasteiger partial charge in [-0.25, -0.2) is 4.79 Å². The number of ether oxygens (including phenoxy) is 1. The van der Waals surface area contributed by atoms with Crippen LogP contribution in [0.15, 0.2) is 42.1 Å². The van der Waals surface area contributed by atoms with Crippen molar-refractivity contribution in [1.82, 2.24) is 14.8 Å². The summed E-state index contributed by atoms with van der Waals surface area (Å²) in [5, 5.41) is 13.4. The number of thioether (sulfide) groups is 1. The third-order valence-electron chi connectivity index (χ3n) is 5.53. The van der Waals surface area contributed by atoms with Crippen LogP contribution in [-0.4, -0.2) is 39.5 Å². The molecule has 2 heterocycles. The van der Waals surface area contributed by atoms with Gasteiger partial charge in [0, 0.05) is 22.9 Å². The van der Waals surface area contributed by atoms with Gasteiger partial charge in [0.25, 0.3) is 0 Å². The number of fused-ring (bicyclic) bond motifs is 1. The van der Waals surface area contributed by atoms with Gasteiger partial charge >= 0.3 is 5.97 Å². The number of nitrogens with zero attached hydrogens (tertiary/aromatic N) is 3. The molecular weight excluding hydrogens is 492 g/mol. The number of halogens is 1. The Morgan fingerprint density at radius 2 is 2.03 bits per heavy atom. The average molecular weight is 517 g/mol. The number of benzene rings is 1. The van der Waals surface area contributed by atoms with Crippen LogP contribution < -0.4 is 5.32 Å². The molecule has 0 unspecified atom stereocenters. The topological polar surface area (TPSA) is 86.1 Å². The van der Waals surface area contributed by atoms with Gasteiger partial charge in [0.1, 0.15) is 10.8 Å². The molecule has 0 saturated carbocycles. The van der Waals surface area contributed by atoms with Crippen LogP contribution in [0.3, 0.4) is 0 Å². The number of hydrogen-bond donors (Lipinski definition) is 1. The molecule has 2 aromatic heterocycles. The number of aryl methyl sites for hydroxylation is 1. The fourth-order valence-electron chi connectivity index (χ4n) is 3.92. The first-order valence-electron chi connectivity index (χ1n) is 10.9. The van der Waals surface area contributed by atoms with E-state index < -0.39 is 5.97 Å². The Balaban J connectivity index is 1.45. The molecule has 3 aromatic rings. The molecule has 0 atom stereocenters. The van der Waals surface area contributed by atoms with Crippen molar-refractivity contribution in [2.75, 3.05) is 18.2 Å². The number of allylic oxidation sites excluding steroid dienone is 1. The molecule has 0 radical (unpaired) electrons. The maximum Gasteiger partial charge on any atom is 0.341 e. The van der Waals surface area contributed by atoms with Gasteiger partial charge in [0.15, 0.2) is 5.16 Å². The summed E-state index contributed by atoms with van der Waals surface area (Å²) in [5.41, 5.74) is 2.58. The zero-order chi connectivity index (χ0) is 24.1. The lowest BCUT2D eigenvalue weighted by molar-refractivity contribution is -0.113. The summed E-state index contributed by atoms with van der Waals surface area (Å²) in [6, 6.07) is 7.59. The number of hydrogen-bond acceptors (Lipinski definition) is 7. The van der Waals surface area contributed by atoms with Crippen LogP contribution in [0.25, 0.3) is 0 Å². The zero-order valence-electron chi connectivity index (χ0n) is 18.8. The fraction of sp³-hybridized carbons (Fsp3) is 0.333. The van der Waals surface area contributed by atoms with Crippen molar-refractivity contribution in [3.8, 4) is 0 Å². The Bertz CT molecular complexity index is 1200. The molecule has 1 aliphatic rings. The number of aromatic nitrogens is 3. The van der Waals surface area contributed by atoms with Crippen LogP contribution >= 0.6 is 34.7 Å². The molecule has 0 spiro atoms. The number of rotatable bonds is 9. The van der Waals surface area contributed by atoms with Gasteiger partial charge in [-0.3, -0.25) is 4.79 Å². The number of nitrogens with one attached hydrogen (secondary N) is 1. The molecule has 0 bridgehead atoms. The van der Waals surface area contributed by atoms with Crippen LogP contribution in [0.1, 0.15) is 45.0 Å². The largest absolute Gasteiger partial charge is 0.465 e. The third kappa shape index (κ3) is 5.54. The van der Waals surface area contributed by atoms with Crippen LogP contribution in [0, 0.1) is 0 Å². The van der Waals surface area contributed by atoms with Gasteiger partial charge in [-0.1, -0.05) is 41.6 Å². The van der Waals surface area contributed by atoms with E-state index in [-0.39, 0.29) is 11.7 Å². The Morgan fingerprint density at radius 3 is 2.76 bits per heavy atom. The first-order valence-corrected chi connectivity index (χ1v) is 13.1. The molecule has 178 valence electrons. The Hall–Kier alpha value is -2.62. The number of anilines is 1. The molecule has 1 aliphatic carbocycles. The lowest BCUT2D eigenvalue weighted by atomic mass is 9.95. The van der Waals surface area contributed by atoms with Crippen molar-refractivity contribution < 1.29 is 14.3 Å². The van der Waals surface area contributed by atoms with Gasteiger partial charge in [-0.15, -0.1) is 28.1 Å². The van der Waals surface area contributed by atoms with Gasteiger partial charge in [-0.2, -0.15) is 0 Å². The average Bonchev–Trinajstić information content (AvgIpc) is 3.39. The summed E-state index contributed by atoms with van der Waals surface area (Å²) in [5.74, 6) is 0.310. The minimum absolute atomic E-state index is 0.138. The molecule has 0 aliphatic heterocycles. The standard InChI is InChI=1S/C24H25ClN4O3S2/c1-3-12-29-19(13-15-8-10-16(25)11-9-15)27-28-24(29)33-14-20(30)26-22-21(23(31)32-2)17-6-4-5-7-18(17)34-22/h3,8-11H,1,4-7,12-14H2,2H3,(H,26,30). The monoisotopic (exact) mass is 516 g/mol. The molecule has 0 fully saturated rings. The Labute approximate surface area is 211 Å². The summed E-state index contributed by atoms with van der Waals surface area (Å²) in [7, 11) is 1.37. The highest BCUT2D eigenvalue weighted by atomic mass is 35.5. The SMILES string of the molecule is C=CCn1c(Cc2ccc(Cl)cc2)nnc1SCC(=O)Nc1sc2c(c1C(=O)OC)CCCC2. The zero-order valence-corrected chi connectivity index (χ0v) is 21.2. The minimum Gasteiger partial charge on any atom is -0.465 e. The number of thiophene rings is 1.